The van der Waals surface area contributed by atoms with Crippen LogP contribution in [0.15, 0.2) is 42.5 Å². The standard InChI is InChI=1S/C20H21F3N2O2/c1-27-18-9-8-15(11-17(18)20(21,22)23)13-4-6-14(7-5-13)19(26)25-10-2-3-16(24)12-25/h4-9,11,16H,2-3,10,12,24H2,1H3. The molecular weight excluding hydrogens is 357 g/mol. The summed E-state index contributed by atoms with van der Waals surface area (Å²) in [5, 5.41) is 0. The molecule has 3 rings (SSSR count). The molecular formula is C20H21F3N2O2. The number of carbonyl (C=O) groups excluding carboxylic acids is 1. The first-order valence-electron chi connectivity index (χ1n) is 8.70. The molecule has 0 aliphatic carbocycles. The molecule has 0 spiro atoms. The third-order valence-electron chi connectivity index (χ3n) is 4.72. The number of likely N-dealkylation sites (tertiary alicyclic amines) is 1. The summed E-state index contributed by atoms with van der Waals surface area (Å²) < 4.78 is 44.4. The van der Waals surface area contributed by atoms with E-state index in [4.69, 9.17) is 10.5 Å². The van der Waals surface area contributed by atoms with E-state index in [9.17, 15) is 18.0 Å². The summed E-state index contributed by atoms with van der Waals surface area (Å²) >= 11 is 0. The van der Waals surface area contributed by atoms with Crippen LogP contribution in [0.3, 0.4) is 0 Å². The molecule has 1 saturated heterocycles. The van der Waals surface area contributed by atoms with Gasteiger partial charge in [-0.2, -0.15) is 13.2 Å². The van der Waals surface area contributed by atoms with Crippen LogP contribution >= 0.6 is 0 Å². The predicted octanol–water partition coefficient (Wildman–Crippen LogP) is 3.94. The molecule has 1 fully saturated rings. The molecule has 27 heavy (non-hydrogen) atoms. The lowest BCUT2D eigenvalue weighted by molar-refractivity contribution is -0.138. The monoisotopic (exact) mass is 378 g/mol. The quantitative estimate of drug-likeness (QED) is 0.880. The van der Waals surface area contributed by atoms with Crippen LogP contribution in [0.2, 0.25) is 0 Å². The van der Waals surface area contributed by atoms with Gasteiger partial charge in [0.05, 0.1) is 12.7 Å². The second-order valence-electron chi connectivity index (χ2n) is 6.64. The molecule has 0 bridgehead atoms. The SMILES string of the molecule is COc1ccc(-c2ccc(C(=O)N3CCCC(N)C3)cc2)cc1C(F)(F)F. The first-order chi connectivity index (χ1) is 12.8. The molecule has 1 unspecified atom stereocenters. The van der Waals surface area contributed by atoms with Crippen molar-refractivity contribution in [2.75, 3.05) is 20.2 Å². The highest BCUT2D eigenvalue weighted by atomic mass is 19.4. The molecule has 1 amide bonds. The Bertz CT molecular complexity index is 819. The van der Waals surface area contributed by atoms with E-state index in [1.165, 1.54) is 13.2 Å². The van der Waals surface area contributed by atoms with Gasteiger partial charge in [0.25, 0.3) is 5.91 Å². The lowest BCUT2D eigenvalue weighted by Crippen LogP contribution is -2.45. The summed E-state index contributed by atoms with van der Waals surface area (Å²) in [7, 11) is 1.21. The number of alkyl halides is 3. The molecule has 2 N–H and O–H groups in total. The zero-order valence-electron chi connectivity index (χ0n) is 14.9. The highest BCUT2D eigenvalue weighted by Gasteiger charge is 2.34. The van der Waals surface area contributed by atoms with Crippen molar-refractivity contribution in [1.82, 2.24) is 4.90 Å². The molecule has 1 atom stereocenters. The van der Waals surface area contributed by atoms with Crippen LogP contribution in [0.5, 0.6) is 5.75 Å². The summed E-state index contributed by atoms with van der Waals surface area (Å²) in [5.41, 5.74) is 6.58. The minimum absolute atomic E-state index is 0.0120. The van der Waals surface area contributed by atoms with Gasteiger partial charge in [-0.3, -0.25) is 4.79 Å². The maximum Gasteiger partial charge on any atom is 0.419 e. The number of rotatable bonds is 3. The van der Waals surface area contributed by atoms with E-state index in [0.29, 0.717) is 29.8 Å². The molecule has 1 heterocycles. The van der Waals surface area contributed by atoms with Crippen molar-refractivity contribution in [3.63, 3.8) is 0 Å². The Morgan fingerprint density at radius 3 is 2.41 bits per heavy atom. The highest BCUT2D eigenvalue weighted by Crippen LogP contribution is 2.38. The van der Waals surface area contributed by atoms with Crippen molar-refractivity contribution in [3.8, 4) is 16.9 Å². The second-order valence-corrected chi connectivity index (χ2v) is 6.64. The Balaban J connectivity index is 1.84. The van der Waals surface area contributed by atoms with Crippen molar-refractivity contribution in [2.45, 2.75) is 25.1 Å². The summed E-state index contributed by atoms with van der Waals surface area (Å²) in [5.74, 6) is -0.332. The Morgan fingerprint density at radius 2 is 1.81 bits per heavy atom. The smallest absolute Gasteiger partial charge is 0.419 e. The lowest BCUT2D eigenvalue weighted by Gasteiger charge is -2.30. The fraction of sp³-hybridized carbons (Fsp3) is 0.350. The van der Waals surface area contributed by atoms with Gasteiger partial charge in [0.15, 0.2) is 0 Å². The van der Waals surface area contributed by atoms with E-state index >= 15 is 0 Å². The van der Waals surface area contributed by atoms with Gasteiger partial charge < -0.3 is 15.4 Å². The predicted molar refractivity (Wildman–Crippen MR) is 96.5 cm³/mol. The summed E-state index contributed by atoms with van der Waals surface area (Å²) in [6, 6.07) is 10.5. The van der Waals surface area contributed by atoms with E-state index in [0.717, 1.165) is 18.9 Å². The number of hydrogen-bond donors (Lipinski definition) is 1. The molecule has 1 aliphatic rings. The number of benzene rings is 2. The Hall–Kier alpha value is -2.54. The number of piperidine rings is 1. The van der Waals surface area contributed by atoms with E-state index in [1.54, 1.807) is 35.2 Å². The van der Waals surface area contributed by atoms with Crippen LogP contribution in [0.25, 0.3) is 11.1 Å². The number of halogens is 3. The third kappa shape index (κ3) is 4.24. The van der Waals surface area contributed by atoms with Crippen LogP contribution in [0.4, 0.5) is 13.2 Å². The fourth-order valence-electron chi connectivity index (χ4n) is 3.29. The van der Waals surface area contributed by atoms with Gasteiger partial charge in [-0.15, -0.1) is 0 Å². The van der Waals surface area contributed by atoms with E-state index in [1.807, 2.05) is 0 Å². The van der Waals surface area contributed by atoms with Gasteiger partial charge >= 0.3 is 6.18 Å². The molecule has 4 nitrogen and oxygen atoms in total. The topological polar surface area (TPSA) is 55.6 Å². The minimum Gasteiger partial charge on any atom is -0.496 e. The number of ether oxygens (including phenoxy) is 1. The number of amides is 1. The summed E-state index contributed by atoms with van der Waals surface area (Å²) in [6.07, 6.45) is -2.73. The van der Waals surface area contributed by atoms with Gasteiger partial charge in [-0.05, 0) is 48.2 Å². The molecule has 144 valence electrons. The average Bonchev–Trinajstić information content (AvgIpc) is 2.66. The van der Waals surface area contributed by atoms with Gasteiger partial charge in [0.1, 0.15) is 5.75 Å². The van der Waals surface area contributed by atoms with Crippen molar-refractivity contribution >= 4 is 5.91 Å². The van der Waals surface area contributed by atoms with Crippen molar-refractivity contribution in [2.24, 2.45) is 5.73 Å². The highest BCUT2D eigenvalue weighted by molar-refractivity contribution is 5.94. The van der Waals surface area contributed by atoms with Crippen molar-refractivity contribution in [1.29, 1.82) is 0 Å². The number of methoxy groups -OCH3 is 1. The average molecular weight is 378 g/mol. The lowest BCUT2D eigenvalue weighted by atomic mass is 10.00. The zero-order valence-corrected chi connectivity index (χ0v) is 14.9. The first-order valence-corrected chi connectivity index (χ1v) is 8.70. The Kier molecular flexibility index (Phi) is 5.41. The van der Waals surface area contributed by atoms with Crippen LogP contribution in [0.1, 0.15) is 28.8 Å². The van der Waals surface area contributed by atoms with E-state index < -0.39 is 11.7 Å². The number of nitrogens with zero attached hydrogens (tertiary/aromatic N) is 1. The molecule has 0 radical (unpaired) electrons. The Morgan fingerprint density at radius 1 is 1.15 bits per heavy atom. The first kappa shape index (κ1) is 19.2. The van der Waals surface area contributed by atoms with E-state index in [2.05, 4.69) is 0 Å². The number of hydrogen-bond acceptors (Lipinski definition) is 3. The van der Waals surface area contributed by atoms with Gasteiger partial charge in [0, 0.05) is 24.7 Å². The molecule has 2 aromatic rings. The van der Waals surface area contributed by atoms with Crippen LogP contribution < -0.4 is 10.5 Å². The van der Waals surface area contributed by atoms with Crippen molar-refractivity contribution in [3.05, 3.63) is 53.6 Å². The normalized spacial score (nSPS) is 17.7. The second kappa shape index (κ2) is 7.60. The van der Waals surface area contributed by atoms with Gasteiger partial charge in [-0.1, -0.05) is 18.2 Å². The van der Waals surface area contributed by atoms with E-state index in [-0.39, 0.29) is 17.7 Å². The number of nitrogens with two attached hydrogens (primary N) is 1. The van der Waals surface area contributed by atoms with Crippen LogP contribution in [0, 0.1) is 0 Å². The molecule has 0 saturated carbocycles. The molecule has 2 aromatic carbocycles. The number of carbonyl (C=O) groups is 1. The minimum atomic E-state index is -4.51. The maximum absolute atomic E-state index is 13.2. The maximum atomic E-state index is 13.2. The molecule has 7 heteroatoms. The third-order valence-corrected chi connectivity index (χ3v) is 4.72. The molecule has 1 aliphatic heterocycles. The summed E-state index contributed by atoms with van der Waals surface area (Å²) in [4.78, 5) is 14.3. The Labute approximate surface area is 155 Å². The largest absolute Gasteiger partial charge is 0.496 e. The molecule has 0 aromatic heterocycles. The fourth-order valence-corrected chi connectivity index (χ4v) is 3.29. The van der Waals surface area contributed by atoms with Crippen molar-refractivity contribution < 1.29 is 22.7 Å². The summed E-state index contributed by atoms with van der Waals surface area (Å²) in [6.45, 7) is 1.19. The zero-order chi connectivity index (χ0) is 19.6. The van der Waals surface area contributed by atoms with Crippen LogP contribution in [-0.2, 0) is 6.18 Å². The van der Waals surface area contributed by atoms with Crippen LogP contribution in [-0.4, -0.2) is 37.0 Å². The van der Waals surface area contributed by atoms with Gasteiger partial charge in [0.2, 0.25) is 0 Å². The van der Waals surface area contributed by atoms with Gasteiger partial charge in [-0.25, -0.2) is 0 Å².